The van der Waals surface area contributed by atoms with Gasteiger partial charge in [0.25, 0.3) is 0 Å². The standard InChI is InChI=1S/C15H16F2N2/c1-2-3-5-10-12-13(11-8-6-4-7-9-11)14(16)19-15(17)18-12/h4,6-9H,2-3,5,10H2,1H3. The Morgan fingerprint density at radius 1 is 1.00 bits per heavy atom. The zero-order valence-electron chi connectivity index (χ0n) is 10.9. The van der Waals surface area contributed by atoms with Gasteiger partial charge in [-0.25, -0.2) is 4.98 Å². The molecule has 0 spiro atoms. The molecule has 1 aromatic heterocycles. The highest BCUT2D eigenvalue weighted by Gasteiger charge is 2.15. The molecule has 19 heavy (non-hydrogen) atoms. The molecule has 0 radical (unpaired) electrons. The van der Waals surface area contributed by atoms with Crippen LogP contribution >= 0.6 is 0 Å². The lowest BCUT2D eigenvalue weighted by atomic mass is 10.0. The minimum absolute atomic E-state index is 0.318. The summed E-state index contributed by atoms with van der Waals surface area (Å²) in [4.78, 5) is 6.96. The Balaban J connectivity index is 2.40. The Morgan fingerprint density at radius 3 is 2.42 bits per heavy atom. The molecule has 0 amide bonds. The minimum atomic E-state index is -0.997. The van der Waals surface area contributed by atoms with Crippen LogP contribution in [0.5, 0.6) is 0 Å². The molecule has 2 aromatic rings. The van der Waals surface area contributed by atoms with Crippen molar-refractivity contribution in [1.82, 2.24) is 9.97 Å². The van der Waals surface area contributed by atoms with Crippen LogP contribution < -0.4 is 0 Å². The van der Waals surface area contributed by atoms with E-state index in [-0.39, 0.29) is 0 Å². The van der Waals surface area contributed by atoms with Crippen molar-refractivity contribution in [3.63, 3.8) is 0 Å². The van der Waals surface area contributed by atoms with E-state index < -0.39 is 12.0 Å². The molecule has 2 nitrogen and oxygen atoms in total. The van der Waals surface area contributed by atoms with E-state index in [0.717, 1.165) is 19.3 Å². The van der Waals surface area contributed by atoms with E-state index in [1.165, 1.54) is 0 Å². The van der Waals surface area contributed by atoms with E-state index in [2.05, 4.69) is 16.9 Å². The van der Waals surface area contributed by atoms with Crippen molar-refractivity contribution >= 4 is 0 Å². The fraction of sp³-hybridized carbons (Fsp3) is 0.333. The van der Waals surface area contributed by atoms with Gasteiger partial charge in [-0.05, 0) is 18.4 Å². The maximum absolute atomic E-state index is 13.9. The number of rotatable bonds is 5. The zero-order valence-corrected chi connectivity index (χ0v) is 10.9. The number of hydrogen-bond acceptors (Lipinski definition) is 2. The number of aryl methyl sites for hydroxylation is 1. The quantitative estimate of drug-likeness (QED) is 0.459. The molecule has 4 heteroatoms. The highest BCUT2D eigenvalue weighted by Crippen LogP contribution is 2.25. The molecule has 100 valence electrons. The number of aromatic nitrogens is 2. The summed E-state index contributed by atoms with van der Waals surface area (Å²) in [6, 6.07) is 9.04. The van der Waals surface area contributed by atoms with Crippen LogP contribution in [0.15, 0.2) is 30.3 Å². The molecular formula is C15H16F2N2. The van der Waals surface area contributed by atoms with Gasteiger partial charge < -0.3 is 0 Å². The van der Waals surface area contributed by atoms with Crippen molar-refractivity contribution < 1.29 is 8.78 Å². The van der Waals surface area contributed by atoms with Crippen molar-refractivity contribution in [1.29, 1.82) is 0 Å². The number of benzene rings is 1. The van der Waals surface area contributed by atoms with Gasteiger partial charge in [0.15, 0.2) is 0 Å². The first-order valence-electron chi connectivity index (χ1n) is 6.49. The molecule has 0 N–H and O–H groups in total. The summed E-state index contributed by atoms with van der Waals surface area (Å²) in [6.07, 6.45) is 2.50. The van der Waals surface area contributed by atoms with Gasteiger partial charge in [-0.2, -0.15) is 13.8 Å². The molecule has 0 aliphatic carbocycles. The molecule has 0 aliphatic heterocycles. The molecule has 1 heterocycles. The van der Waals surface area contributed by atoms with E-state index in [1.54, 1.807) is 12.1 Å². The van der Waals surface area contributed by atoms with Crippen LogP contribution in [0, 0.1) is 12.0 Å². The fourth-order valence-corrected chi connectivity index (χ4v) is 2.06. The van der Waals surface area contributed by atoms with Crippen LogP contribution in [-0.2, 0) is 6.42 Å². The summed E-state index contributed by atoms with van der Waals surface area (Å²) in [6.45, 7) is 2.08. The molecule has 0 aliphatic rings. The Morgan fingerprint density at radius 2 is 1.74 bits per heavy atom. The fourth-order valence-electron chi connectivity index (χ4n) is 2.06. The smallest absolute Gasteiger partial charge is 0.206 e. The lowest BCUT2D eigenvalue weighted by molar-refractivity contribution is 0.477. The Labute approximate surface area is 111 Å². The largest absolute Gasteiger partial charge is 0.311 e. The summed E-state index contributed by atoms with van der Waals surface area (Å²) >= 11 is 0. The van der Waals surface area contributed by atoms with Crippen LogP contribution in [0.3, 0.4) is 0 Å². The lowest BCUT2D eigenvalue weighted by Crippen LogP contribution is -2.04. The average Bonchev–Trinajstić information content (AvgIpc) is 2.39. The number of halogens is 2. The van der Waals surface area contributed by atoms with Crippen molar-refractivity contribution in [3.05, 3.63) is 48.1 Å². The van der Waals surface area contributed by atoms with Crippen LogP contribution in [0.4, 0.5) is 8.78 Å². The molecule has 0 saturated heterocycles. The average molecular weight is 262 g/mol. The van der Waals surface area contributed by atoms with Crippen molar-refractivity contribution in [2.24, 2.45) is 0 Å². The van der Waals surface area contributed by atoms with Gasteiger partial charge in [0.05, 0.1) is 11.3 Å². The molecule has 0 saturated carbocycles. The maximum atomic E-state index is 13.9. The zero-order chi connectivity index (χ0) is 13.7. The van der Waals surface area contributed by atoms with Crippen molar-refractivity contribution in [2.75, 3.05) is 0 Å². The Kier molecular flexibility index (Phi) is 4.55. The van der Waals surface area contributed by atoms with E-state index in [0.29, 0.717) is 23.2 Å². The number of hydrogen-bond donors (Lipinski definition) is 0. The van der Waals surface area contributed by atoms with Crippen LogP contribution in [0.2, 0.25) is 0 Å². The van der Waals surface area contributed by atoms with Gasteiger partial charge in [0, 0.05) is 0 Å². The van der Waals surface area contributed by atoms with Gasteiger partial charge in [-0.1, -0.05) is 50.1 Å². The SMILES string of the molecule is CCCCCc1nc(F)nc(F)c1-c1ccccc1. The summed E-state index contributed by atoms with van der Waals surface area (Å²) < 4.78 is 27.1. The Hall–Kier alpha value is -1.84. The van der Waals surface area contributed by atoms with Gasteiger partial charge in [0.2, 0.25) is 5.95 Å². The third-order valence-electron chi connectivity index (χ3n) is 2.99. The molecule has 0 bridgehead atoms. The van der Waals surface area contributed by atoms with Crippen molar-refractivity contribution in [3.8, 4) is 11.1 Å². The molecular weight excluding hydrogens is 246 g/mol. The minimum Gasteiger partial charge on any atom is -0.206 e. The maximum Gasteiger partial charge on any atom is 0.311 e. The normalized spacial score (nSPS) is 10.7. The molecule has 0 unspecified atom stereocenters. The van der Waals surface area contributed by atoms with Crippen LogP contribution in [0.1, 0.15) is 31.9 Å². The van der Waals surface area contributed by atoms with Gasteiger partial charge in [0.1, 0.15) is 0 Å². The third kappa shape index (κ3) is 3.34. The second-order valence-corrected chi connectivity index (χ2v) is 4.43. The van der Waals surface area contributed by atoms with Crippen LogP contribution in [0.25, 0.3) is 11.1 Å². The second kappa shape index (κ2) is 6.36. The molecule has 0 atom stereocenters. The monoisotopic (exact) mass is 262 g/mol. The first-order chi connectivity index (χ1) is 9.22. The summed E-state index contributed by atoms with van der Waals surface area (Å²) in [5.41, 5.74) is 1.45. The van der Waals surface area contributed by atoms with Gasteiger partial charge in [-0.15, -0.1) is 0 Å². The first-order valence-corrected chi connectivity index (χ1v) is 6.49. The third-order valence-corrected chi connectivity index (χ3v) is 2.99. The molecule has 0 fully saturated rings. The number of nitrogens with zero attached hydrogens (tertiary/aromatic N) is 2. The van der Waals surface area contributed by atoms with Crippen molar-refractivity contribution in [2.45, 2.75) is 32.6 Å². The van der Waals surface area contributed by atoms with Gasteiger partial charge in [-0.3, -0.25) is 0 Å². The highest BCUT2D eigenvalue weighted by molar-refractivity contribution is 5.65. The molecule has 2 rings (SSSR count). The van der Waals surface area contributed by atoms with Gasteiger partial charge >= 0.3 is 6.08 Å². The van der Waals surface area contributed by atoms with E-state index in [9.17, 15) is 8.78 Å². The summed E-state index contributed by atoms with van der Waals surface area (Å²) in [5, 5.41) is 0. The van der Waals surface area contributed by atoms with E-state index in [4.69, 9.17) is 0 Å². The van der Waals surface area contributed by atoms with E-state index in [1.807, 2.05) is 18.2 Å². The van der Waals surface area contributed by atoms with Crippen LogP contribution in [-0.4, -0.2) is 9.97 Å². The topological polar surface area (TPSA) is 25.8 Å². The second-order valence-electron chi connectivity index (χ2n) is 4.43. The summed E-state index contributed by atoms with van der Waals surface area (Å²) in [7, 11) is 0. The predicted octanol–water partition coefficient (Wildman–Crippen LogP) is 4.15. The Bertz CT molecular complexity index is 541. The lowest BCUT2D eigenvalue weighted by Gasteiger charge is -2.09. The predicted molar refractivity (Wildman–Crippen MR) is 70.6 cm³/mol. The first kappa shape index (κ1) is 13.6. The summed E-state index contributed by atoms with van der Waals surface area (Å²) in [5.74, 6) is -0.787. The highest BCUT2D eigenvalue weighted by atomic mass is 19.1. The molecule has 1 aromatic carbocycles. The number of unbranched alkanes of at least 4 members (excludes halogenated alkanes) is 2. The van der Waals surface area contributed by atoms with E-state index >= 15 is 0 Å².